The van der Waals surface area contributed by atoms with Crippen molar-refractivity contribution in [3.8, 4) is 0 Å². The van der Waals surface area contributed by atoms with Crippen molar-refractivity contribution >= 4 is 29.6 Å². The maximum atomic E-state index is 12.4. The van der Waals surface area contributed by atoms with E-state index in [1.807, 2.05) is 5.32 Å². The third-order valence-corrected chi connectivity index (χ3v) is 3.26. The molecule has 0 bridgehead atoms. The lowest BCUT2D eigenvalue weighted by atomic mass is 10.2. The molecule has 1 aliphatic heterocycles. The van der Waals surface area contributed by atoms with E-state index in [9.17, 15) is 19.2 Å². The lowest BCUT2D eigenvalue weighted by Gasteiger charge is -2.19. The molecule has 116 valence electrons. The van der Waals surface area contributed by atoms with Gasteiger partial charge in [-0.2, -0.15) is 0 Å². The molecule has 1 saturated heterocycles. The van der Waals surface area contributed by atoms with E-state index in [1.165, 1.54) is 11.9 Å². The summed E-state index contributed by atoms with van der Waals surface area (Å²) < 4.78 is 0. The van der Waals surface area contributed by atoms with Crippen molar-refractivity contribution in [1.82, 2.24) is 15.5 Å². The topological polar surface area (TPSA) is 98.8 Å². The van der Waals surface area contributed by atoms with Gasteiger partial charge < -0.3 is 5.32 Å². The summed E-state index contributed by atoms with van der Waals surface area (Å²) in [7, 11) is 1.36. The van der Waals surface area contributed by atoms with Crippen LogP contribution in [0.25, 0.3) is 0 Å². The molecule has 1 atom stereocenters. The van der Waals surface area contributed by atoms with E-state index in [1.54, 1.807) is 37.3 Å². The maximum Gasteiger partial charge on any atom is 0.332 e. The zero-order valence-corrected chi connectivity index (χ0v) is 12.2. The van der Waals surface area contributed by atoms with Gasteiger partial charge in [-0.1, -0.05) is 18.2 Å². The Morgan fingerprint density at radius 2 is 1.82 bits per heavy atom. The highest BCUT2D eigenvalue weighted by molar-refractivity contribution is 6.15. The molecule has 1 aliphatic rings. The summed E-state index contributed by atoms with van der Waals surface area (Å²) in [5.74, 6) is -1.22. The molecule has 1 aromatic rings. The van der Waals surface area contributed by atoms with Crippen LogP contribution in [0.5, 0.6) is 0 Å². The average molecular weight is 304 g/mol. The van der Waals surface area contributed by atoms with Crippen LogP contribution in [0.2, 0.25) is 0 Å². The van der Waals surface area contributed by atoms with Gasteiger partial charge >= 0.3 is 12.1 Å². The Morgan fingerprint density at radius 1 is 1.18 bits per heavy atom. The molecule has 1 aromatic carbocycles. The molecule has 1 heterocycles. The number of urea groups is 2. The lowest BCUT2D eigenvalue weighted by Crippen LogP contribution is -2.45. The van der Waals surface area contributed by atoms with Crippen LogP contribution in [0.1, 0.15) is 6.92 Å². The zero-order valence-electron chi connectivity index (χ0n) is 12.2. The molecule has 2 N–H and O–H groups in total. The summed E-state index contributed by atoms with van der Waals surface area (Å²) in [6.45, 7) is 1.09. The monoisotopic (exact) mass is 304 g/mol. The van der Waals surface area contributed by atoms with Gasteiger partial charge in [0.2, 0.25) is 5.91 Å². The van der Waals surface area contributed by atoms with Crippen LogP contribution >= 0.6 is 0 Å². The minimum absolute atomic E-state index is 0.485. The van der Waals surface area contributed by atoms with Crippen LogP contribution < -0.4 is 15.5 Å². The third kappa shape index (κ3) is 2.90. The highest BCUT2D eigenvalue weighted by Gasteiger charge is 2.44. The van der Waals surface area contributed by atoms with Crippen molar-refractivity contribution in [2.45, 2.75) is 13.0 Å². The average Bonchev–Trinajstić information content (AvgIpc) is 2.72. The number of carbonyl (C=O) groups is 4. The first kappa shape index (κ1) is 15.5. The molecule has 0 spiro atoms. The second kappa shape index (κ2) is 6.25. The predicted molar refractivity (Wildman–Crippen MR) is 78.1 cm³/mol. The van der Waals surface area contributed by atoms with Crippen molar-refractivity contribution in [1.29, 1.82) is 0 Å². The first-order valence-corrected chi connectivity index (χ1v) is 6.67. The van der Waals surface area contributed by atoms with Gasteiger partial charge in [0.15, 0.2) is 0 Å². The Kier molecular flexibility index (Phi) is 4.40. The number of hydrogen-bond donors (Lipinski definition) is 2. The number of hydrogen-bond acceptors (Lipinski definition) is 4. The summed E-state index contributed by atoms with van der Waals surface area (Å²) in [4.78, 5) is 49.4. The molecule has 8 heteroatoms. The van der Waals surface area contributed by atoms with E-state index in [4.69, 9.17) is 0 Å². The van der Waals surface area contributed by atoms with Crippen molar-refractivity contribution in [3.05, 3.63) is 30.3 Å². The van der Waals surface area contributed by atoms with Crippen LogP contribution in [0, 0.1) is 0 Å². The van der Waals surface area contributed by atoms with E-state index >= 15 is 0 Å². The molecule has 8 nitrogen and oxygen atoms in total. The molecule has 0 aliphatic carbocycles. The highest BCUT2D eigenvalue weighted by Crippen LogP contribution is 2.25. The largest absolute Gasteiger partial charge is 0.341 e. The molecule has 1 unspecified atom stereocenters. The van der Waals surface area contributed by atoms with E-state index < -0.39 is 36.5 Å². The van der Waals surface area contributed by atoms with E-state index in [0.717, 1.165) is 4.90 Å². The molecular weight excluding hydrogens is 288 g/mol. The predicted octanol–water partition coefficient (Wildman–Crippen LogP) is 0.299. The van der Waals surface area contributed by atoms with Crippen LogP contribution in [-0.4, -0.2) is 48.4 Å². The number of anilines is 1. The molecule has 2 rings (SSSR count). The van der Waals surface area contributed by atoms with Gasteiger partial charge in [-0.3, -0.25) is 24.7 Å². The molecule has 0 saturated carbocycles. The molecule has 6 amide bonds. The Bertz CT molecular complexity index is 617. The second-order valence-electron chi connectivity index (χ2n) is 4.72. The Balaban J connectivity index is 2.14. The van der Waals surface area contributed by atoms with Gasteiger partial charge in [0.25, 0.3) is 5.91 Å². The Hall–Kier alpha value is -2.90. The zero-order chi connectivity index (χ0) is 16.3. The van der Waals surface area contributed by atoms with E-state index in [-0.39, 0.29) is 0 Å². The molecule has 0 aromatic heterocycles. The number of imide groups is 2. The SMILES string of the molecule is CNC(=O)NC(=O)CN1C(=O)C(C)N(c2ccccc2)C1=O. The minimum Gasteiger partial charge on any atom is -0.341 e. The minimum atomic E-state index is -0.733. The maximum absolute atomic E-state index is 12.4. The van der Waals surface area contributed by atoms with Gasteiger partial charge in [-0.05, 0) is 19.1 Å². The fourth-order valence-electron chi connectivity index (χ4n) is 2.17. The number of benzene rings is 1. The van der Waals surface area contributed by atoms with Crippen molar-refractivity contribution in [2.24, 2.45) is 0 Å². The lowest BCUT2D eigenvalue weighted by molar-refractivity contribution is -0.131. The van der Waals surface area contributed by atoms with Crippen LogP contribution in [0.3, 0.4) is 0 Å². The smallest absolute Gasteiger partial charge is 0.332 e. The van der Waals surface area contributed by atoms with Gasteiger partial charge in [-0.15, -0.1) is 0 Å². The van der Waals surface area contributed by atoms with Crippen molar-refractivity contribution in [3.63, 3.8) is 0 Å². The van der Waals surface area contributed by atoms with Crippen molar-refractivity contribution in [2.75, 3.05) is 18.5 Å². The fourth-order valence-corrected chi connectivity index (χ4v) is 2.17. The van der Waals surface area contributed by atoms with E-state index in [0.29, 0.717) is 5.69 Å². The summed E-state index contributed by atoms with van der Waals surface area (Å²) in [5.41, 5.74) is 0.572. The Morgan fingerprint density at radius 3 is 2.41 bits per heavy atom. The molecule has 22 heavy (non-hydrogen) atoms. The number of nitrogens with one attached hydrogen (secondary N) is 2. The van der Waals surface area contributed by atoms with Crippen LogP contribution in [0.15, 0.2) is 30.3 Å². The normalized spacial score (nSPS) is 17.6. The first-order chi connectivity index (χ1) is 10.5. The summed E-state index contributed by atoms with van der Waals surface area (Å²) in [6.07, 6.45) is 0. The number of carbonyl (C=O) groups excluding carboxylic acids is 4. The fraction of sp³-hybridized carbons (Fsp3) is 0.286. The summed E-state index contributed by atoms with van der Waals surface area (Å²) >= 11 is 0. The van der Waals surface area contributed by atoms with E-state index in [2.05, 4.69) is 5.32 Å². The van der Waals surface area contributed by atoms with Crippen LogP contribution in [0.4, 0.5) is 15.3 Å². The van der Waals surface area contributed by atoms with Gasteiger partial charge in [0, 0.05) is 12.7 Å². The highest BCUT2D eigenvalue weighted by atomic mass is 16.2. The standard InChI is InChI=1S/C14H16N4O4/c1-9-12(20)17(8-11(19)16-13(21)15-2)14(22)18(9)10-6-4-3-5-7-10/h3-7,9H,8H2,1-2H3,(H2,15,16,19,21). The van der Waals surface area contributed by atoms with Gasteiger partial charge in [-0.25, -0.2) is 9.59 Å². The molecule has 1 fully saturated rings. The number of para-hydroxylation sites is 1. The summed E-state index contributed by atoms with van der Waals surface area (Å²) in [6, 6.07) is 6.72. The third-order valence-electron chi connectivity index (χ3n) is 3.26. The number of nitrogens with zero attached hydrogens (tertiary/aromatic N) is 2. The second-order valence-corrected chi connectivity index (χ2v) is 4.72. The van der Waals surface area contributed by atoms with Crippen LogP contribution in [-0.2, 0) is 9.59 Å². The quantitative estimate of drug-likeness (QED) is 0.785. The molecular formula is C14H16N4O4. The Labute approximate surface area is 127 Å². The van der Waals surface area contributed by atoms with Crippen molar-refractivity contribution < 1.29 is 19.2 Å². The number of amides is 6. The molecule has 0 radical (unpaired) electrons. The van der Waals surface area contributed by atoms with Gasteiger partial charge in [0.05, 0.1) is 0 Å². The summed E-state index contributed by atoms with van der Waals surface area (Å²) in [5, 5.41) is 4.23. The first-order valence-electron chi connectivity index (χ1n) is 6.67. The number of rotatable bonds is 3. The van der Waals surface area contributed by atoms with Gasteiger partial charge in [0.1, 0.15) is 12.6 Å².